The zero-order chi connectivity index (χ0) is 11.5. The van der Waals surface area contributed by atoms with E-state index in [1.165, 1.54) is 5.56 Å². The molecule has 0 spiro atoms. The fourth-order valence-corrected chi connectivity index (χ4v) is 2.24. The molecule has 0 saturated heterocycles. The summed E-state index contributed by atoms with van der Waals surface area (Å²) in [6.07, 6.45) is 4.80. The van der Waals surface area contributed by atoms with Crippen LogP contribution < -0.4 is 0 Å². The third kappa shape index (κ3) is 1.75. The second-order valence-corrected chi connectivity index (χ2v) is 4.00. The number of esters is 1. The third-order valence-corrected chi connectivity index (χ3v) is 2.98. The molecule has 0 N–H and O–H groups in total. The van der Waals surface area contributed by atoms with E-state index in [0.717, 1.165) is 30.4 Å². The van der Waals surface area contributed by atoms with Crippen molar-refractivity contribution in [2.45, 2.75) is 26.2 Å². The van der Waals surface area contributed by atoms with Gasteiger partial charge >= 0.3 is 5.97 Å². The highest BCUT2D eigenvalue weighted by atomic mass is 16.5. The van der Waals surface area contributed by atoms with Crippen LogP contribution in [0.3, 0.4) is 0 Å². The first-order valence-electron chi connectivity index (χ1n) is 5.72. The summed E-state index contributed by atoms with van der Waals surface area (Å²) in [5, 5.41) is 0. The van der Waals surface area contributed by atoms with Crippen molar-refractivity contribution < 1.29 is 9.53 Å². The molecular formula is C14H16O2. The largest absolute Gasteiger partial charge is 0.462 e. The molecule has 0 unspecified atom stereocenters. The van der Waals surface area contributed by atoms with E-state index in [-0.39, 0.29) is 5.97 Å². The maximum Gasteiger partial charge on any atom is 0.338 e. The summed E-state index contributed by atoms with van der Waals surface area (Å²) in [5.74, 6) is -0.201. The molecule has 1 aromatic carbocycles. The Balaban J connectivity index is 2.55. The van der Waals surface area contributed by atoms with Gasteiger partial charge in [-0.1, -0.05) is 32.1 Å². The highest BCUT2D eigenvalue weighted by molar-refractivity contribution is 5.93. The fraction of sp³-hybridized carbons (Fsp3) is 0.357. The number of carbonyl (C=O) groups excluding carboxylic acids is 1. The van der Waals surface area contributed by atoms with Crippen LogP contribution >= 0.6 is 0 Å². The molecule has 0 saturated carbocycles. The summed E-state index contributed by atoms with van der Waals surface area (Å²) in [7, 11) is 0. The van der Waals surface area contributed by atoms with Crippen molar-refractivity contribution in [3.63, 3.8) is 0 Å². The zero-order valence-corrected chi connectivity index (χ0v) is 9.58. The number of ether oxygens (including phenoxy) is 1. The molecule has 0 aliphatic carbocycles. The Bertz CT molecular complexity index is 433. The predicted octanol–water partition coefficient (Wildman–Crippen LogP) is 3.00. The molecule has 16 heavy (non-hydrogen) atoms. The minimum absolute atomic E-state index is 0.201. The molecule has 0 radical (unpaired) electrons. The Morgan fingerprint density at radius 2 is 2.31 bits per heavy atom. The molecule has 2 heteroatoms. The van der Waals surface area contributed by atoms with Crippen molar-refractivity contribution in [3.05, 3.63) is 41.0 Å². The van der Waals surface area contributed by atoms with E-state index in [4.69, 9.17) is 4.74 Å². The SMILES string of the molecule is C=Cc1c(CCC)ccc2c1CCOC2=O. The van der Waals surface area contributed by atoms with Gasteiger partial charge in [-0.3, -0.25) is 0 Å². The molecule has 2 rings (SSSR count). The summed E-state index contributed by atoms with van der Waals surface area (Å²) in [6.45, 7) is 6.50. The normalized spacial score (nSPS) is 14.2. The Morgan fingerprint density at radius 1 is 1.50 bits per heavy atom. The predicted molar refractivity (Wildman–Crippen MR) is 64.5 cm³/mol. The lowest BCUT2D eigenvalue weighted by atomic mass is 9.91. The van der Waals surface area contributed by atoms with Crippen LogP contribution in [0.25, 0.3) is 6.08 Å². The number of rotatable bonds is 3. The molecule has 1 aromatic rings. The molecule has 2 nitrogen and oxygen atoms in total. The quantitative estimate of drug-likeness (QED) is 0.726. The van der Waals surface area contributed by atoms with Gasteiger partial charge in [0.25, 0.3) is 0 Å². The van der Waals surface area contributed by atoms with Crippen molar-refractivity contribution in [2.75, 3.05) is 6.61 Å². The highest BCUT2D eigenvalue weighted by Crippen LogP contribution is 2.26. The number of carbonyl (C=O) groups is 1. The van der Waals surface area contributed by atoms with Crippen LogP contribution in [-0.4, -0.2) is 12.6 Å². The average Bonchev–Trinajstić information content (AvgIpc) is 2.29. The van der Waals surface area contributed by atoms with Gasteiger partial charge in [0.2, 0.25) is 0 Å². The van der Waals surface area contributed by atoms with Crippen molar-refractivity contribution >= 4 is 12.0 Å². The van der Waals surface area contributed by atoms with E-state index in [2.05, 4.69) is 13.5 Å². The van der Waals surface area contributed by atoms with Crippen LogP contribution in [0.15, 0.2) is 18.7 Å². The van der Waals surface area contributed by atoms with E-state index in [0.29, 0.717) is 12.2 Å². The van der Waals surface area contributed by atoms with Gasteiger partial charge in [-0.05, 0) is 29.2 Å². The van der Waals surface area contributed by atoms with Crippen molar-refractivity contribution in [1.82, 2.24) is 0 Å². The molecule has 0 amide bonds. The van der Waals surface area contributed by atoms with Gasteiger partial charge < -0.3 is 4.74 Å². The van der Waals surface area contributed by atoms with E-state index < -0.39 is 0 Å². The second-order valence-electron chi connectivity index (χ2n) is 4.00. The number of hydrogen-bond donors (Lipinski definition) is 0. The smallest absolute Gasteiger partial charge is 0.338 e. The number of cyclic esters (lactones) is 1. The third-order valence-electron chi connectivity index (χ3n) is 2.98. The molecule has 84 valence electrons. The van der Waals surface area contributed by atoms with Crippen LogP contribution in [0.5, 0.6) is 0 Å². The average molecular weight is 216 g/mol. The van der Waals surface area contributed by atoms with Crippen molar-refractivity contribution in [3.8, 4) is 0 Å². The van der Waals surface area contributed by atoms with Crippen molar-refractivity contribution in [2.24, 2.45) is 0 Å². The molecule has 0 fully saturated rings. The lowest BCUT2D eigenvalue weighted by molar-refractivity contribution is 0.0480. The first-order chi connectivity index (χ1) is 7.77. The van der Waals surface area contributed by atoms with Crippen molar-refractivity contribution in [1.29, 1.82) is 0 Å². The van der Waals surface area contributed by atoms with Gasteiger partial charge in [0.05, 0.1) is 12.2 Å². The minimum Gasteiger partial charge on any atom is -0.462 e. The first-order valence-corrected chi connectivity index (χ1v) is 5.72. The monoisotopic (exact) mass is 216 g/mol. The molecule has 1 aliphatic heterocycles. The summed E-state index contributed by atoms with van der Waals surface area (Å²) >= 11 is 0. The summed E-state index contributed by atoms with van der Waals surface area (Å²) in [6, 6.07) is 3.90. The molecule has 0 atom stereocenters. The first kappa shape index (κ1) is 10.9. The lowest BCUT2D eigenvalue weighted by Crippen LogP contribution is -2.19. The molecule has 0 bridgehead atoms. The summed E-state index contributed by atoms with van der Waals surface area (Å²) < 4.78 is 5.03. The number of aryl methyl sites for hydroxylation is 1. The van der Waals surface area contributed by atoms with E-state index in [1.54, 1.807) is 0 Å². The van der Waals surface area contributed by atoms with Gasteiger partial charge in [0.1, 0.15) is 0 Å². The standard InChI is InChI=1S/C14H16O2/c1-3-5-10-6-7-13-12(11(10)4-2)8-9-16-14(13)15/h4,6-7H,2-3,5,8-9H2,1H3. The van der Waals surface area contributed by atoms with Crippen LogP contribution in [-0.2, 0) is 17.6 Å². The molecule has 1 heterocycles. The number of benzene rings is 1. The Hall–Kier alpha value is -1.57. The topological polar surface area (TPSA) is 26.3 Å². The maximum atomic E-state index is 11.6. The lowest BCUT2D eigenvalue weighted by Gasteiger charge is -2.20. The fourth-order valence-electron chi connectivity index (χ4n) is 2.24. The molecule has 0 aromatic heterocycles. The van der Waals surface area contributed by atoms with Gasteiger partial charge in [0.15, 0.2) is 0 Å². The van der Waals surface area contributed by atoms with Gasteiger partial charge in [-0.15, -0.1) is 0 Å². The van der Waals surface area contributed by atoms with Crippen LogP contribution in [0, 0.1) is 0 Å². The Kier molecular flexibility index (Phi) is 3.09. The summed E-state index contributed by atoms with van der Waals surface area (Å²) in [5.41, 5.74) is 4.24. The van der Waals surface area contributed by atoms with Gasteiger partial charge in [-0.2, -0.15) is 0 Å². The highest BCUT2D eigenvalue weighted by Gasteiger charge is 2.21. The molecule has 1 aliphatic rings. The van der Waals surface area contributed by atoms with Gasteiger partial charge in [0, 0.05) is 6.42 Å². The van der Waals surface area contributed by atoms with E-state index in [9.17, 15) is 4.79 Å². The maximum absolute atomic E-state index is 11.6. The zero-order valence-electron chi connectivity index (χ0n) is 9.58. The van der Waals surface area contributed by atoms with Gasteiger partial charge in [-0.25, -0.2) is 4.79 Å². The minimum atomic E-state index is -0.201. The van der Waals surface area contributed by atoms with Crippen LogP contribution in [0.2, 0.25) is 0 Å². The molecular weight excluding hydrogens is 200 g/mol. The Morgan fingerprint density at radius 3 is 3.00 bits per heavy atom. The van der Waals surface area contributed by atoms with Crippen LogP contribution in [0.4, 0.5) is 0 Å². The number of hydrogen-bond acceptors (Lipinski definition) is 2. The second kappa shape index (κ2) is 4.52. The van der Waals surface area contributed by atoms with E-state index >= 15 is 0 Å². The van der Waals surface area contributed by atoms with Crippen LogP contribution in [0.1, 0.15) is 40.4 Å². The Labute approximate surface area is 95.9 Å². The summed E-state index contributed by atoms with van der Waals surface area (Å²) in [4.78, 5) is 11.6. The van der Waals surface area contributed by atoms with E-state index in [1.807, 2.05) is 18.2 Å². The number of fused-ring (bicyclic) bond motifs is 1.